The predicted octanol–water partition coefficient (Wildman–Crippen LogP) is 4.09. The average Bonchev–Trinajstić information content (AvgIpc) is 2.37. The number of aromatic nitrogens is 2. The smallest absolute Gasteiger partial charge is 0.340 e. The van der Waals surface area contributed by atoms with Gasteiger partial charge in [-0.25, -0.2) is 9.97 Å². The minimum absolute atomic E-state index is 0.330. The Morgan fingerprint density at radius 1 is 1.14 bits per heavy atom. The third kappa shape index (κ3) is 4.07. The molecule has 1 aromatic carbocycles. The van der Waals surface area contributed by atoms with Crippen LogP contribution in [0.1, 0.15) is 16.8 Å². The summed E-state index contributed by atoms with van der Waals surface area (Å²) >= 11 is 5.87. The van der Waals surface area contributed by atoms with Gasteiger partial charge in [-0.3, -0.25) is 0 Å². The van der Waals surface area contributed by atoms with Crippen LogP contribution in [0.15, 0.2) is 30.3 Å². The minimum Gasteiger partial charge on any atom is -0.340 e. The van der Waals surface area contributed by atoms with Crippen molar-refractivity contribution in [1.29, 1.82) is 0 Å². The van der Waals surface area contributed by atoms with Gasteiger partial charge in [0.1, 0.15) is 5.15 Å². The molecule has 1 aromatic heterocycles. The lowest BCUT2D eigenvalue weighted by atomic mass is 10.1. The molecular weight excluding hydrogens is 303 g/mol. The average molecular weight is 316 g/mol. The van der Waals surface area contributed by atoms with E-state index in [4.69, 9.17) is 11.6 Å². The van der Waals surface area contributed by atoms with E-state index in [2.05, 4.69) is 9.97 Å². The molecule has 0 saturated heterocycles. The van der Waals surface area contributed by atoms with E-state index in [9.17, 15) is 13.2 Å². The van der Waals surface area contributed by atoms with Gasteiger partial charge in [0, 0.05) is 19.3 Å². The van der Waals surface area contributed by atoms with Crippen molar-refractivity contribution in [2.24, 2.45) is 0 Å². The molecule has 0 aliphatic carbocycles. The zero-order chi connectivity index (χ0) is 15.6. The highest BCUT2D eigenvalue weighted by Gasteiger charge is 2.29. The van der Waals surface area contributed by atoms with E-state index < -0.39 is 11.7 Å². The SMILES string of the molecule is Cc1cc(Cl)nc(N(C)Cc2ccc(C(F)(F)F)cc2)n1. The van der Waals surface area contributed by atoms with Gasteiger partial charge in [-0.05, 0) is 30.7 Å². The number of hydrogen-bond acceptors (Lipinski definition) is 3. The maximum atomic E-state index is 12.5. The molecule has 0 unspecified atom stereocenters. The summed E-state index contributed by atoms with van der Waals surface area (Å²) in [6.07, 6.45) is -4.32. The molecule has 0 aliphatic heterocycles. The maximum absolute atomic E-state index is 12.5. The van der Waals surface area contributed by atoms with Crippen LogP contribution in [0.2, 0.25) is 5.15 Å². The summed E-state index contributed by atoms with van der Waals surface area (Å²) in [4.78, 5) is 10.0. The van der Waals surface area contributed by atoms with Crippen LogP contribution in [0.25, 0.3) is 0 Å². The van der Waals surface area contributed by atoms with Gasteiger partial charge in [-0.2, -0.15) is 13.2 Å². The Bertz CT molecular complexity index is 606. The Hall–Kier alpha value is -1.82. The number of rotatable bonds is 3. The van der Waals surface area contributed by atoms with Gasteiger partial charge in [0.15, 0.2) is 0 Å². The second-order valence-electron chi connectivity index (χ2n) is 4.68. The molecular formula is C14H13ClF3N3. The van der Waals surface area contributed by atoms with Gasteiger partial charge in [0.25, 0.3) is 0 Å². The van der Waals surface area contributed by atoms with Crippen molar-refractivity contribution in [2.45, 2.75) is 19.6 Å². The molecule has 0 aliphatic rings. The Labute approximate surface area is 125 Å². The van der Waals surface area contributed by atoms with Crippen LogP contribution in [0.3, 0.4) is 0 Å². The fourth-order valence-electron chi connectivity index (χ4n) is 1.83. The fourth-order valence-corrected chi connectivity index (χ4v) is 2.06. The normalized spacial score (nSPS) is 11.5. The van der Waals surface area contributed by atoms with Crippen molar-refractivity contribution < 1.29 is 13.2 Å². The fraction of sp³-hybridized carbons (Fsp3) is 0.286. The minimum atomic E-state index is -4.32. The zero-order valence-electron chi connectivity index (χ0n) is 11.4. The van der Waals surface area contributed by atoms with Crippen LogP contribution >= 0.6 is 11.6 Å². The Morgan fingerprint density at radius 2 is 1.76 bits per heavy atom. The lowest BCUT2D eigenvalue weighted by molar-refractivity contribution is -0.137. The van der Waals surface area contributed by atoms with Crippen LogP contribution < -0.4 is 4.90 Å². The summed E-state index contributed by atoms with van der Waals surface area (Å²) in [5, 5.41) is 0.330. The van der Waals surface area contributed by atoms with Gasteiger partial charge < -0.3 is 4.90 Å². The second-order valence-corrected chi connectivity index (χ2v) is 5.07. The Morgan fingerprint density at radius 3 is 2.29 bits per heavy atom. The third-order valence-corrected chi connectivity index (χ3v) is 3.05. The molecule has 7 heteroatoms. The molecule has 0 saturated carbocycles. The topological polar surface area (TPSA) is 29.0 Å². The van der Waals surface area contributed by atoms with Crippen LogP contribution in [-0.2, 0) is 12.7 Å². The molecule has 0 bridgehead atoms. The molecule has 3 nitrogen and oxygen atoms in total. The van der Waals surface area contributed by atoms with E-state index in [0.717, 1.165) is 23.4 Å². The first kappa shape index (κ1) is 15.6. The van der Waals surface area contributed by atoms with Crippen molar-refractivity contribution in [3.8, 4) is 0 Å². The zero-order valence-corrected chi connectivity index (χ0v) is 12.2. The Balaban J connectivity index is 2.14. The molecule has 0 N–H and O–H groups in total. The number of anilines is 1. The summed E-state index contributed by atoms with van der Waals surface area (Å²) in [7, 11) is 1.75. The van der Waals surface area contributed by atoms with E-state index in [-0.39, 0.29) is 0 Å². The predicted molar refractivity (Wildman–Crippen MR) is 75.3 cm³/mol. The maximum Gasteiger partial charge on any atom is 0.416 e. The monoisotopic (exact) mass is 315 g/mol. The number of nitrogens with zero attached hydrogens (tertiary/aromatic N) is 3. The van der Waals surface area contributed by atoms with Crippen molar-refractivity contribution in [1.82, 2.24) is 9.97 Å². The largest absolute Gasteiger partial charge is 0.416 e. The van der Waals surface area contributed by atoms with Gasteiger partial charge in [0.2, 0.25) is 5.95 Å². The van der Waals surface area contributed by atoms with Crippen molar-refractivity contribution >= 4 is 17.5 Å². The van der Waals surface area contributed by atoms with E-state index in [0.29, 0.717) is 17.6 Å². The van der Waals surface area contributed by atoms with Crippen LogP contribution in [0, 0.1) is 6.92 Å². The molecule has 2 rings (SSSR count). The molecule has 0 radical (unpaired) electrons. The molecule has 112 valence electrons. The highest BCUT2D eigenvalue weighted by Crippen LogP contribution is 2.29. The van der Waals surface area contributed by atoms with Crippen LogP contribution in [0.4, 0.5) is 19.1 Å². The number of halogens is 4. The number of alkyl halides is 3. The van der Waals surface area contributed by atoms with Gasteiger partial charge in [-0.1, -0.05) is 23.7 Å². The third-order valence-electron chi connectivity index (χ3n) is 2.85. The number of aryl methyl sites for hydroxylation is 1. The van der Waals surface area contributed by atoms with Gasteiger partial charge in [0.05, 0.1) is 5.56 Å². The molecule has 2 aromatic rings. The molecule has 0 amide bonds. The van der Waals surface area contributed by atoms with Gasteiger partial charge >= 0.3 is 6.18 Å². The molecule has 1 heterocycles. The second kappa shape index (κ2) is 5.89. The standard InChI is InChI=1S/C14H13ClF3N3/c1-9-7-12(15)20-13(19-9)21(2)8-10-3-5-11(6-4-10)14(16,17)18/h3-7H,8H2,1-2H3. The van der Waals surface area contributed by atoms with Crippen molar-refractivity contribution in [3.05, 3.63) is 52.3 Å². The summed E-state index contributed by atoms with van der Waals surface area (Å²) < 4.78 is 37.5. The summed E-state index contributed by atoms with van der Waals surface area (Å²) in [5.74, 6) is 0.430. The van der Waals surface area contributed by atoms with Crippen molar-refractivity contribution in [2.75, 3.05) is 11.9 Å². The highest BCUT2D eigenvalue weighted by atomic mass is 35.5. The molecule has 0 atom stereocenters. The summed E-state index contributed by atoms with van der Waals surface area (Å²) in [6, 6.07) is 6.64. The Kier molecular flexibility index (Phi) is 4.37. The van der Waals surface area contributed by atoms with Crippen LogP contribution in [0.5, 0.6) is 0 Å². The first-order valence-electron chi connectivity index (χ1n) is 6.14. The lowest BCUT2D eigenvalue weighted by Gasteiger charge is -2.18. The molecule has 0 fully saturated rings. The van der Waals surface area contributed by atoms with E-state index in [1.807, 2.05) is 0 Å². The highest BCUT2D eigenvalue weighted by molar-refractivity contribution is 6.29. The van der Waals surface area contributed by atoms with Crippen molar-refractivity contribution in [3.63, 3.8) is 0 Å². The van der Waals surface area contributed by atoms with E-state index >= 15 is 0 Å². The lowest BCUT2D eigenvalue weighted by Crippen LogP contribution is -2.19. The van der Waals surface area contributed by atoms with E-state index in [1.165, 1.54) is 12.1 Å². The molecule has 0 spiro atoms. The number of benzene rings is 1. The number of hydrogen-bond donors (Lipinski definition) is 0. The first-order valence-corrected chi connectivity index (χ1v) is 6.52. The summed E-state index contributed by atoms with van der Waals surface area (Å²) in [5.41, 5.74) is 0.791. The molecule has 21 heavy (non-hydrogen) atoms. The summed E-state index contributed by atoms with van der Waals surface area (Å²) in [6.45, 7) is 2.18. The van der Waals surface area contributed by atoms with E-state index in [1.54, 1.807) is 24.9 Å². The quantitative estimate of drug-likeness (QED) is 0.799. The van der Waals surface area contributed by atoms with Crippen LogP contribution in [-0.4, -0.2) is 17.0 Å². The first-order chi connectivity index (χ1) is 9.75. The van der Waals surface area contributed by atoms with Gasteiger partial charge in [-0.15, -0.1) is 0 Å².